The molecule has 122 valence electrons. The Labute approximate surface area is 142 Å². The summed E-state index contributed by atoms with van der Waals surface area (Å²) in [6, 6.07) is 12.5. The number of non-ortho nitro benzene ring substituents is 1. The summed E-state index contributed by atoms with van der Waals surface area (Å²) in [6.45, 7) is 1.76. The third-order valence-electron chi connectivity index (χ3n) is 3.23. The van der Waals surface area contributed by atoms with E-state index in [1.165, 1.54) is 24.3 Å². The molecule has 0 radical (unpaired) electrons. The van der Waals surface area contributed by atoms with Gasteiger partial charge in [0, 0.05) is 22.6 Å². The molecule has 6 nitrogen and oxygen atoms in total. The SMILES string of the molecule is CC(NS(=O)(=O)Cc1ccc([N+](=O)[O-])cc1)c1ccccc1Br. The topological polar surface area (TPSA) is 89.3 Å². The molecule has 0 aliphatic rings. The zero-order valence-electron chi connectivity index (χ0n) is 12.3. The number of benzene rings is 2. The highest BCUT2D eigenvalue weighted by molar-refractivity contribution is 9.10. The molecule has 8 heteroatoms. The highest BCUT2D eigenvalue weighted by Gasteiger charge is 2.18. The van der Waals surface area contributed by atoms with Crippen molar-refractivity contribution in [2.24, 2.45) is 0 Å². The predicted molar refractivity (Wildman–Crippen MR) is 91.4 cm³/mol. The summed E-state index contributed by atoms with van der Waals surface area (Å²) < 4.78 is 27.9. The fourth-order valence-corrected chi connectivity index (χ4v) is 4.14. The van der Waals surface area contributed by atoms with Crippen LogP contribution >= 0.6 is 15.9 Å². The molecule has 1 unspecified atom stereocenters. The standard InChI is InChI=1S/C15H15BrN2O4S/c1-11(14-4-2-3-5-15(14)16)17-23(21,22)10-12-6-8-13(9-7-12)18(19)20/h2-9,11,17H,10H2,1H3. The number of hydrogen-bond donors (Lipinski definition) is 1. The Bertz CT molecular complexity index is 806. The van der Waals surface area contributed by atoms with Crippen LogP contribution in [-0.4, -0.2) is 13.3 Å². The number of nitro benzene ring substituents is 1. The first-order chi connectivity index (χ1) is 10.8. The third-order valence-corrected chi connectivity index (χ3v) is 5.38. The fraction of sp³-hybridized carbons (Fsp3) is 0.200. The number of nitrogens with one attached hydrogen (secondary N) is 1. The van der Waals surface area contributed by atoms with Crippen LogP contribution in [0, 0.1) is 10.1 Å². The normalized spacial score (nSPS) is 12.8. The van der Waals surface area contributed by atoms with E-state index in [1.54, 1.807) is 6.92 Å². The molecule has 0 heterocycles. The van der Waals surface area contributed by atoms with Gasteiger partial charge >= 0.3 is 0 Å². The van der Waals surface area contributed by atoms with Crippen molar-refractivity contribution < 1.29 is 13.3 Å². The highest BCUT2D eigenvalue weighted by atomic mass is 79.9. The summed E-state index contributed by atoms with van der Waals surface area (Å²) in [4.78, 5) is 10.1. The molecule has 0 spiro atoms. The van der Waals surface area contributed by atoms with Gasteiger partial charge < -0.3 is 0 Å². The average molecular weight is 399 g/mol. The molecule has 0 saturated heterocycles. The maximum absolute atomic E-state index is 12.3. The molecule has 1 N–H and O–H groups in total. The summed E-state index contributed by atoms with van der Waals surface area (Å²) in [5.41, 5.74) is 1.25. The van der Waals surface area contributed by atoms with E-state index in [0.717, 1.165) is 10.0 Å². The lowest BCUT2D eigenvalue weighted by Crippen LogP contribution is -2.28. The van der Waals surface area contributed by atoms with E-state index in [9.17, 15) is 18.5 Å². The van der Waals surface area contributed by atoms with Crippen molar-refractivity contribution in [1.82, 2.24) is 4.72 Å². The molecule has 0 saturated carbocycles. The molecule has 0 aromatic heterocycles. The van der Waals surface area contributed by atoms with Crippen LogP contribution in [0.4, 0.5) is 5.69 Å². The number of nitrogens with zero attached hydrogens (tertiary/aromatic N) is 1. The van der Waals surface area contributed by atoms with Crippen molar-refractivity contribution in [3.05, 3.63) is 74.2 Å². The maximum Gasteiger partial charge on any atom is 0.269 e. The van der Waals surface area contributed by atoms with E-state index < -0.39 is 21.0 Å². The minimum atomic E-state index is -3.57. The van der Waals surface area contributed by atoms with Crippen molar-refractivity contribution in [2.75, 3.05) is 0 Å². The molecule has 0 fully saturated rings. The zero-order valence-corrected chi connectivity index (χ0v) is 14.7. The smallest absolute Gasteiger partial charge is 0.258 e. The molecule has 23 heavy (non-hydrogen) atoms. The van der Waals surface area contributed by atoms with Crippen LogP contribution in [-0.2, 0) is 15.8 Å². The van der Waals surface area contributed by atoms with Crippen molar-refractivity contribution in [3.63, 3.8) is 0 Å². The Morgan fingerprint density at radius 2 is 1.78 bits per heavy atom. The fourth-order valence-electron chi connectivity index (χ4n) is 2.13. The minimum Gasteiger partial charge on any atom is -0.258 e. The van der Waals surface area contributed by atoms with Gasteiger partial charge in [0.25, 0.3) is 5.69 Å². The number of hydrogen-bond acceptors (Lipinski definition) is 4. The van der Waals surface area contributed by atoms with Gasteiger partial charge in [-0.1, -0.05) is 46.3 Å². The van der Waals surface area contributed by atoms with Gasteiger partial charge in [-0.2, -0.15) is 0 Å². The van der Waals surface area contributed by atoms with Gasteiger partial charge in [-0.3, -0.25) is 10.1 Å². The lowest BCUT2D eigenvalue weighted by Gasteiger charge is -2.16. The Balaban J connectivity index is 2.10. The Morgan fingerprint density at radius 3 is 2.35 bits per heavy atom. The molecule has 0 amide bonds. The van der Waals surface area contributed by atoms with Crippen LogP contribution in [0.25, 0.3) is 0 Å². The summed E-state index contributed by atoms with van der Waals surface area (Å²) in [5, 5.41) is 10.6. The van der Waals surface area contributed by atoms with E-state index in [2.05, 4.69) is 20.7 Å². The lowest BCUT2D eigenvalue weighted by atomic mass is 10.1. The van der Waals surface area contributed by atoms with E-state index in [4.69, 9.17) is 0 Å². The van der Waals surface area contributed by atoms with Gasteiger partial charge in [0.15, 0.2) is 0 Å². The van der Waals surface area contributed by atoms with Crippen molar-refractivity contribution >= 4 is 31.6 Å². The highest BCUT2D eigenvalue weighted by Crippen LogP contribution is 2.24. The second-order valence-electron chi connectivity index (χ2n) is 5.04. The summed E-state index contributed by atoms with van der Waals surface area (Å²) in [6.07, 6.45) is 0. The first-order valence-electron chi connectivity index (χ1n) is 6.76. The Morgan fingerprint density at radius 1 is 1.17 bits per heavy atom. The van der Waals surface area contributed by atoms with E-state index in [0.29, 0.717) is 5.56 Å². The second kappa shape index (κ2) is 7.20. The van der Waals surface area contributed by atoms with Crippen LogP contribution in [0.2, 0.25) is 0 Å². The largest absolute Gasteiger partial charge is 0.269 e. The summed E-state index contributed by atoms with van der Waals surface area (Å²) in [5.74, 6) is -0.236. The van der Waals surface area contributed by atoms with Crippen LogP contribution < -0.4 is 4.72 Å². The molecule has 2 rings (SSSR count). The molecule has 2 aromatic rings. The van der Waals surface area contributed by atoms with Crippen molar-refractivity contribution in [2.45, 2.75) is 18.7 Å². The maximum atomic E-state index is 12.3. The molecular weight excluding hydrogens is 384 g/mol. The number of rotatable bonds is 6. The van der Waals surface area contributed by atoms with Gasteiger partial charge in [-0.15, -0.1) is 0 Å². The average Bonchev–Trinajstić information content (AvgIpc) is 2.47. The van der Waals surface area contributed by atoms with Crippen LogP contribution in [0.5, 0.6) is 0 Å². The second-order valence-corrected chi connectivity index (χ2v) is 7.65. The third kappa shape index (κ3) is 4.85. The van der Waals surface area contributed by atoms with Gasteiger partial charge in [-0.25, -0.2) is 13.1 Å². The van der Waals surface area contributed by atoms with Gasteiger partial charge in [0.2, 0.25) is 10.0 Å². The summed E-state index contributed by atoms with van der Waals surface area (Å²) >= 11 is 3.39. The van der Waals surface area contributed by atoms with Gasteiger partial charge in [0.05, 0.1) is 10.7 Å². The number of nitro groups is 1. The zero-order chi connectivity index (χ0) is 17.0. The molecule has 0 bridgehead atoms. The van der Waals surface area contributed by atoms with Gasteiger partial charge in [-0.05, 0) is 24.1 Å². The van der Waals surface area contributed by atoms with E-state index in [-0.39, 0.29) is 11.4 Å². The molecule has 0 aliphatic carbocycles. The molecule has 2 aromatic carbocycles. The monoisotopic (exact) mass is 398 g/mol. The number of sulfonamides is 1. The molecule has 1 atom stereocenters. The molecular formula is C15H15BrN2O4S. The minimum absolute atomic E-state index is 0.0688. The first-order valence-corrected chi connectivity index (χ1v) is 9.21. The van der Waals surface area contributed by atoms with E-state index in [1.807, 2.05) is 24.3 Å². The predicted octanol–water partition coefficient (Wildman–Crippen LogP) is 3.54. The van der Waals surface area contributed by atoms with Gasteiger partial charge in [0.1, 0.15) is 0 Å². The Kier molecular flexibility index (Phi) is 5.51. The van der Waals surface area contributed by atoms with Crippen LogP contribution in [0.3, 0.4) is 0 Å². The summed E-state index contributed by atoms with van der Waals surface area (Å²) in [7, 11) is -3.57. The van der Waals surface area contributed by atoms with Crippen molar-refractivity contribution in [1.29, 1.82) is 0 Å². The quantitative estimate of drug-likeness (QED) is 0.595. The first kappa shape index (κ1) is 17.6. The Hall–Kier alpha value is -1.77. The van der Waals surface area contributed by atoms with Crippen LogP contribution in [0.15, 0.2) is 53.0 Å². The number of halogens is 1. The molecule has 0 aliphatic heterocycles. The van der Waals surface area contributed by atoms with Crippen LogP contribution in [0.1, 0.15) is 24.1 Å². The lowest BCUT2D eigenvalue weighted by molar-refractivity contribution is -0.384. The van der Waals surface area contributed by atoms with E-state index >= 15 is 0 Å². The van der Waals surface area contributed by atoms with Crippen molar-refractivity contribution in [3.8, 4) is 0 Å².